The maximum atomic E-state index is 12.8. The van der Waals surface area contributed by atoms with Crippen molar-refractivity contribution in [3.05, 3.63) is 0 Å². The van der Waals surface area contributed by atoms with Crippen LogP contribution in [0, 0.1) is 0 Å². The topological polar surface area (TPSA) is 12.5 Å². The molecule has 23 heavy (non-hydrogen) atoms. The van der Waals surface area contributed by atoms with Crippen LogP contribution in [0.25, 0.3) is 0 Å². The van der Waals surface area contributed by atoms with Crippen molar-refractivity contribution in [1.29, 1.82) is 0 Å². The van der Waals surface area contributed by atoms with Gasteiger partial charge in [-0.05, 0) is 19.3 Å². The van der Waals surface area contributed by atoms with Crippen molar-refractivity contribution in [2.24, 2.45) is 0 Å². The minimum atomic E-state index is -2.44. The first kappa shape index (κ1) is 20.8. The van der Waals surface area contributed by atoms with Crippen molar-refractivity contribution < 1.29 is 13.5 Å². The Kier molecular flexibility index (Phi) is 11.0. The van der Waals surface area contributed by atoms with Gasteiger partial charge in [-0.3, -0.25) is 4.90 Å². The lowest BCUT2D eigenvalue weighted by molar-refractivity contribution is -0.132. The van der Waals surface area contributed by atoms with Gasteiger partial charge in [0.15, 0.2) is 0 Å². The van der Waals surface area contributed by atoms with Crippen LogP contribution in [0.1, 0.15) is 84.5 Å². The second-order valence-electron chi connectivity index (χ2n) is 7.11. The van der Waals surface area contributed by atoms with E-state index in [-0.39, 0.29) is 13.1 Å². The zero-order chi connectivity index (χ0) is 17.0. The predicted molar refractivity (Wildman–Crippen MR) is 93.3 cm³/mol. The van der Waals surface area contributed by atoms with Gasteiger partial charge in [-0.2, -0.15) is 0 Å². The number of alkyl halides is 2. The van der Waals surface area contributed by atoms with Crippen molar-refractivity contribution in [2.45, 2.75) is 96.5 Å². The minimum Gasteiger partial charge on any atom is -0.378 e. The number of hydrogen-bond acceptors (Lipinski definition) is 2. The van der Waals surface area contributed by atoms with E-state index in [1.54, 1.807) is 0 Å². The summed E-state index contributed by atoms with van der Waals surface area (Å²) in [7, 11) is 0. The maximum absolute atomic E-state index is 12.8. The standard InChI is InChI=1S/C19H37F2NO/c1-3-5-7-8-10-13-18(12-9-6-4-2)23-15-11-14-22-16-19(20,21)17-22/h18H,3-17H2,1-2H3. The Bertz CT molecular complexity index is 279. The zero-order valence-corrected chi connectivity index (χ0v) is 15.3. The lowest BCUT2D eigenvalue weighted by atomic mass is 10.0. The van der Waals surface area contributed by atoms with Crippen LogP contribution < -0.4 is 0 Å². The van der Waals surface area contributed by atoms with E-state index < -0.39 is 5.92 Å². The number of likely N-dealkylation sites (tertiary alicyclic amines) is 1. The fourth-order valence-corrected chi connectivity index (χ4v) is 3.21. The molecule has 1 aliphatic heterocycles. The summed E-state index contributed by atoms with van der Waals surface area (Å²) < 4.78 is 31.6. The van der Waals surface area contributed by atoms with Gasteiger partial charge in [0.05, 0.1) is 19.2 Å². The van der Waals surface area contributed by atoms with Crippen molar-refractivity contribution in [3.63, 3.8) is 0 Å². The van der Waals surface area contributed by atoms with Crippen molar-refractivity contribution in [3.8, 4) is 0 Å². The Labute approximate surface area is 142 Å². The van der Waals surface area contributed by atoms with Crippen LogP contribution in [-0.2, 0) is 4.74 Å². The number of unbranched alkanes of at least 4 members (excludes halogenated alkanes) is 6. The molecule has 0 aliphatic carbocycles. The quantitative estimate of drug-likeness (QED) is 0.359. The molecule has 138 valence electrons. The third kappa shape index (κ3) is 10.3. The van der Waals surface area contributed by atoms with E-state index in [0.29, 0.717) is 12.7 Å². The molecule has 0 aromatic carbocycles. The zero-order valence-electron chi connectivity index (χ0n) is 15.3. The van der Waals surface area contributed by atoms with E-state index >= 15 is 0 Å². The predicted octanol–water partition coefficient (Wildman–Crippen LogP) is 5.65. The fraction of sp³-hybridized carbons (Fsp3) is 1.00. The van der Waals surface area contributed by atoms with E-state index in [9.17, 15) is 8.78 Å². The normalized spacial score (nSPS) is 18.8. The third-order valence-electron chi connectivity index (χ3n) is 4.64. The molecule has 0 radical (unpaired) electrons. The molecule has 1 heterocycles. The number of nitrogens with zero attached hydrogens (tertiary/aromatic N) is 1. The van der Waals surface area contributed by atoms with Gasteiger partial charge < -0.3 is 4.74 Å². The molecule has 0 bridgehead atoms. The van der Waals surface area contributed by atoms with Gasteiger partial charge in [-0.1, -0.05) is 65.2 Å². The van der Waals surface area contributed by atoms with E-state index in [0.717, 1.165) is 25.8 Å². The van der Waals surface area contributed by atoms with Crippen LogP contribution in [0.2, 0.25) is 0 Å². The van der Waals surface area contributed by atoms with Gasteiger partial charge >= 0.3 is 0 Å². The molecule has 0 N–H and O–H groups in total. The van der Waals surface area contributed by atoms with Crippen LogP contribution in [0.15, 0.2) is 0 Å². The first-order chi connectivity index (χ1) is 11.1. The van der Waals surface area contributed by atoms with Crippen LogP contribution >= 0.6 is 0 Å². The highest BCUT2D eigenvalue weighted by atomic mass is 19.3. The first-order valence-corrected chi connectivity index (χ1v) is 9.79. The molecule has 1 unspecified atom stereocenters. The fourth-order valence-electron chi connectivity index (χ4n) is 3.21. The highest BCUT2D eigenvalue weighted by Gasteiger charge is 2.43. The summed E-state index contributed by atoms with van der Waals surface area (Å²) in [5, 5.41) is 0. The molecule has 1 aliphatic rings. The highest BCUT2D eigenvalue weighted by molar-refractivity contribution is 4.86. The summed E-state index contributed by atoms with van der Waals surface area (Å²) in [4.78, 5) is 1.82. The summed E-state index contributed by atoms with van der Waals surface area (Å²) in [6, 6.07) is 0. The number of hydrogen-bond donors (Lipinski definition) is 0. The Balaban J connectivity index is 2.07. The molecular weight excluding hydrogens is 296 g/mol. The van der Waals surface area contributed by atoms with Gasteiger partial charge in [-0.25, -0.2) is 8.78 Å². The molecule has 2 nitrogen and oxygen atoms in total. The summed E-state index contributed by atoms with van der Waals surface area (Å²) in [5.74, 6) is -2.44. The molecular formula is C19H37F2NO. The Morgan fingerprint density at radius 3 is 2.04 bits per heavy atom. The molecule has 1 fully saturated rings. The van der Waals surface area contributed by atoms with Gasteiger partial charge in [0.1, 0.15) is 0 Å². The van der Waals surface area contributed by atoms with Gasteiger partial charge in [0.2, 0.25) is 0 Å². The molecule has 1 rings (SSSR count). The average Bonchev–Trinajstić information content (AvgIpc) is 2.48. The molecule has 0 aromatic heterocycles. The lowest BCUT2D eigenvalue weighted by Gasteiger charge is -2.38. The smallest absolute Gasteiger partial charge is 0.272 e. The monoisotopic (exact) mass is 333 g/mol. The molecule has 1 atom stereocenters. The van der Waals surface area contributed by atoms with Crippen molar-refractivity contribution in [1.82, 2.24) is 4.90 Å². The summed E-state index contributed by atoms with van der Waals surface area (Å²) in [6.07, 6.45) is 13.9. The largest absolute Gasteiger partial charge is 0.378 e. The second kappa shape index (κ2) is 12.2. The Hall–Kier alpha value is -0.220. The van der Waals surface area contributed by atoms with Crippen molar-refractivity contribution in [2.75, 3.05) is 26.2 Å². The molecule has 1 saturated heterocycles. The average molecular weight is 334 g/mol. The Morgan fingerprint density at radius 1 is 0.870 bits per heavy atom. The third-order valence-corrected chi connectivity index (χ3v) is 4.64. The van der Waals surface area contributed by atoms with E-state index in [1.165, 1.54) is 51.4 Å². The second-order valence-corrected chi connectivity index (χ2v) is 7.11. The summed E-state index contributed by atoms with van der Waals surface area (Å²) in [6.45, 7) is 5.80. The van der Waals surface area contributed by atoms with Crippen molar-refractivity contribution >= 4 is 0 Å². The minimum absolute atomic E-state index is 0.0651. The van der Waals surface area contributed by atoms with Crippen LogP contribution in [0.5, 0.6) is 0 Å². The van der Waals surface area contributed by atoms with E-state index in [4.69, 9.17) is 4.74 Å². The molecule has 0 amide bonds. The molecule has 0 saturated carbocycles. The molecule has 0 aromatic rings. The Morgan fingerprint density at radius 2 is 1.43 bits per heavy atom. The number of rotatable bonds is 15. The molecule has 4 heteroatoms. The van der Waals surface area contributed by atoms with Gasteiger partial charge in [-0.15, -0.1) is 0 Å². The van der Waals surface area contributed by atoms with Gasteiger partial charge in [0, 0.05) is 13.2 Å². The highest BCUT2D eigenvalue weighted by Crippen LogP contribution is 2.26. The van der Waals surface area contributed by atoms with Crippen LogP contribution in [0.4, 0.5) is 8.78 Å². The molecule has 0 spiro atoms. The number of halogens is 2. The summed E-state index contributed by atoms with van der Waals surface area (Å²) >= 11 is 0. The van der Waals surface area contributed by atoms with E-state index in [1.807, 2.05) is 4.90 Å². The maximum Gasteiger partial charge on any atom is 0.272 e. The number of ether oxygens (including phenoxy) is 1. The van der Waals surface area contributed by atoms with E-state index in [2.05, 4.69) is 13.8 Å². The van der Waals surface area contributed by atoms with Crippen LogP contribution in [0.3, 0.4) is 0 Å². The first-order valence-electron chi connectivity index (χ1n) is 9.79. The lowest BCUT2D eigenvalue weighted by Crippen LogP contribution is -2.56. The summed E-state index contributed by atoms with van der Waals surface area (Å²) in [5.41, 5.74) is 0. The van der Waals surface area contributed by atoms with Gasteiger partial charge in [0.25, 0.3) is 5.92 Å². The SMILES string of the molecule is CCCCCCCC(CCCCC)OCCCN1CC(F)(F)C1. The van der Waals surface area contributed by atoms with Crippen LogP contribution in [-0.4, -0.2) is 43.2 Å².